The first-order valence-corrected chi connectivity index (χ1v) is 4.98. The maximum absolute atomic E-state index is 13.4. The van der Waals surface area contributed by atoms with Crippen LogP contribution in [-0.2, 0) is 4.74 Å². The van der Waals surface area contributed by atoms with E-state index in [2.05, 4.69) is 20.7 Å². The van der Waals surface area contributed by atoms with E-state index in [9.17, 15) is 13.6 Å². The molecule has 1 aliphatic heterocycles. The first kappa shape index (κ1) is 10.4. The van der Waals surface area contributed by atoms with Crippen LogP contribution in [0.1, 0.15) is 0 Å². The van der Waals surface area contributed by atoms with Crippen molar-refractivity contribution in [3.63, 3.8) is 0 Å². The number of carbonyl (C=O) groups is 1. The number of nitrogens with zero attached hydrogens (tertiary/aromatic N) is 1. The summed E-state index contributed by atoms with van der Waals surface area (Å²) in [6.45, 7) is 0.308. The first-order chi connectivity index (χ1) is 7.09. The summed E-state index contributed by atoms with van der Waals surface area (Å²) >= 11 is 2.96. The fourth-order valence-corrected chi connectivity index (χ4v) is 1.79. The second-order valence-electron chi connectivity index (χ2n) is 2.98. The molecule has 15 heavy (non-hydrogen) atoms. The number of hydrogen-bond acceptors (Lipinski definition) is 2. The Kier molecular flexibility index (Phi) is 2.60. The summed E-state index contributed by atoms with van der Waals surface area (Å²) in [6, 6.07) is 2.20. The number of carbonyl (C=O) groups excluding carboxylic acids is 1. The fourth-order valence-electron chi connectivity index (χ4n) is 1.39. The number of benzene rings is 1. The van der Waals surface area contributed by atoms with Crippen molar-refractivity contribution >= 4 is 27.7 Å². The first-order valence-electron chi connectivity index (χ1n) is 4.18. The van der Waals surface area contributed by atoms with Gasteiger partial charge in [-0.05, 0) is 12.1 Å². The average molecular weight is 278 g/mol. The van der Waals surface area contributed by atoms with Gasteiger partial charge in [0.1, 0.15) is 12.3 Å². The molecule has 0 unspecified atom stereocenters. The van der Waals surface area contributed by atoms with E-state index in [1.807, 2.05) is 0 Å². The van der Waals surface area contributed by atoms with Gasteiger partial charge in [0.15, 0.2) is 11.6 Å². The molecule has 0 atom stereocenters. The highest BCUT2D eigenvalue weighted by Crippen LogP contribution is 2.28. The van der Waals surface area contributed by atoms with Crippen molar-refractivity contribution in [1.29, 1.82) is 0 Å². The van der Waals surface area contributed by atoms with Gasteiger partial charge in [0.25, 0.3) is 0 Å². The lowest BCUT2D eigenvalue weighted by Crippen LogP contribution is -2.25. The van der Waals surface area contributed by atoms with E-state index < -0.39 is 17.7 Å². The monoisotopic (exact) mass is 277 g/mol. The normalized spacial score (nSPS) is 15.7. The van der Waals surface area contributed by atoms with Gasteiger partial charge in [-0.2, -0.15) is 0 Å². The molecule has 1 saturated heterocycles. The predicted octanol–water partition coefficient (Wildman–Crippen LogP) is 2.68. The Morgan fingerprint density at radius 1 is 1.33 bits per heavy atom. The maximum Gasteiger partial charge on any atom is 0.414 e. The van der Waals surface area contributed by atoms with Crippen LogP contribution in [-0.4, -0.2) is 19.2 Å². The topological polar surface area (TPSA) is 29.5 Å². The molecule has 0 N–H and O–H groups in total. The molecule has 1 fully saturated rings. The van der Waals surface area contributed by atoms with Crippen LogP contribution in [0.5, 0.6) is 0 Å². The molecule has 1 aromatic rings. The van der Waals surface area contributed by atoms with Crippen molar-refractivity contribution in [3.8, 4) is 0 Å². The van der Waals surface area contributed by atoms with Gasteiger partial charge in [0, 0.05) is 4.47 Å². The van der Waals surface area contributed by atoms with Gasteiger partial charge >= 0.3 is 6.09 Å². The molecule has 1 amide bonds. The number of anilines is 1. The van der Waals surface area contributed by atoms with E-state index in [4.69, 9.17) is 0 Å². The van der Waals surface area contributed by atoms with Crippen LogP contribution in [0.2, 0.25) is 0 Å². The quantitative estimate of drug-likeness (QED) is 0.790. The van der Waals surface area contributed by atoms with E-state index in [0.717, 1.165) is 17.0 Å². The second kappa shape index (κ2) is 3.77. The highest BCUT2D eigenvalue weighted by molar-refractivity contribution is 9.10. The van der Waals surface area contributed by atoms with Gasteiger partial charge in [0.2, 0.25) is 0 Å². The Labute approximate surface area is 92.8 Å². The zero-order valence-corrected chi connectivity index (χ0v) is 9.05. The summed E-state index contributed by atoms with van der Waals surface area (Å²) in [5.74, 6) is -1.58. The summed E-state index contributed by atoms with van der Waals surface area (Å²) < 4.78 is 31.7. The summed E-state index contributed by atoms with van der Waals surface area (Å²) in [6.07, 6.45) is -0.727. The molecule has 1 heterocycles. The van der Waals surface area contributed by atoms with Gasteiger partial charge in [-0.3, -0.25) is 4.90 Å². The number of hydrogen-bond donors (Lipinski definition) is 0. The van der Waals surface area contributed by atoms with E-state index in [1.165, 1.54) is 0 Å². The van der Waals surface area contributed by atoms with Gasteiger partial charge < -0.3 is 4.74 Å². The van der Waals surface area contributed by atoms with E-state index in [-0.39, 0.29) is 23.3 Å². The molecular formula is C9H6BrF2NO2. The van der Waals surface area contributed by atoms with Crippen LogP contribution >= 0.6 is 15.9 Å². The summed E-state index contributed by atoms with van der Waals surface area (Å²) in [5, 5.41) is 0. The van der Waals surface area contributed by atoms with E-state index in [0.29, 0.717) is 0 Å². The third-order valence-electron chi connectivity index (χ3n) is 2.01. The lowest BCUT2D eigenvalue weighted by atomic mass is 10.2. The maximum atomic E-state index is 13.4. The summed E-state index contributed by atoms with van der Waals surface area (Å²) in [5.41, 5.74) is -0.360. The summed E-state index contributed by atoms with van der Waals surface area (Å²) in [4.78, 5) is 12.1. The van der Waals surface area contributed by atoms with Crippen molar-refractivity contribution in [2.24, 2.45) is 0 Å². The molecule has 0 saturated carbocycles. The van der Waals surface area contributed by atoms with Gasteiger partial charge in [0.05, 0.1) is 6.54 Å². The number of amides is 1. The third-order valence-corrected chi connectivity index (χ3v) is 2.47. The van der Waals surface area contributed by atoms with Crippen molar-refractivity contribution in [3.05, 3.63) is 28.2 Å². The van der Waals surface area contributed by atoms with E-state index >= 15 is 0 Å². The molecule has 0 radical (unpaired) electrons. The van der Waals surface area contributed by atoms with E-state index in [1.54, 1.807) is 0 Å². The molecule has 1 aliphatic rings. The minimum atomic E-state index is -0.791. The smallest absolute Gasteiger partial charge is 0.414 e. The molecule has 0 spiro atoms. The molecule has 0 aromatic heterocycles. The Morgan fingerprint density at radius 3 is 2.40 bits per heavy atom. The SMILES string of the molecule is O=C1OCCN1c1c(F)cc(Br)cc1F. The van der Waals surface area contributed by atoms with Crippen LogP contribution < -0.4 is 4.90 Å². The summed E-state index contributed by atoms with van der Waals surface area (Å²) in [7, 11) is 0. The number of cyclic esters (lactones) is 1. The Hall–Kier alpha value is -1.17. The average Bonchev–Trinajstić information content (AvgIpc) is 2.50. The van der Waals surface area contributed by atoms with Crippen LogP contribution in [0.3, 0.4) is 0 Å². The lowest BCUT2D eigenvalue weighted by Gasteiger charge is -2.14. The fraction of sp³-hybridized carbons (Fsp3) is 0.222. The molecule has 3 nitrogen and oxygen atoms in total. The van der Waals surface area contributed by atoms with Gasteiger partial charge in [-0.25, -0.2) is 13.6 Å². The molecule has 80 valence electrons. The van der Waals surface area contributed by atoms with Gasteiger partial charge in [-0.1, -0.05) is 15.9 Å². The lowest BCUT2D eigenvalue weighted by molar-refractivity contribution is 0.181. The van der Waals surface area contributed by atoms with Crippen LogP contribution in [0.25, 0.3) is 0 Å². The zero-order valence-electron chi connectivity index (χ0n) is 7.47. The third kappa shape index (κ3) is 1.81. The predicted molar refractivity (Wildman–Crippen MR) is 52.8 cm³/mol. The zero-order chi connectivity index (χ0) is 11.0. The van der Waals surface area contributed by atoms with Crippen LogP contribution in [0.4, 0.5) is 19.3 Å². The number of rotatable bonds is 1. The number of halogens is 3. The van der Waals surface area contributed by atoms with Crippen LogP contribution in [0.15, 0.2) is 16.6 Å². The standard InChI is InChI=1S/C9H6BrF2NO2/c10-5-3-6(11)8(7(12)4-5)13-1-2-15-9(13)14/h3-4H,1-2H2. The van der Waals surface area contributed by atoms with Crippen LogP contribution in [0, 0.1) is 11.6 Å². The van der Waals surface area contributed by atoms with Crippen molar-refractivity contribution in [1.82, 2.24) is 0 Å². The molecule has 2 rings (SSSR count). The minimum Gasteiger partial charge on any atom is -0.447 e. The number of ether oxygens (including phenoxy) is 1. The highest BCUT2D eigenvalue weighted by atomic mass is 79.9. The molecule has 1 aromatic carbocycles. The Morgan fingerprint density at radius 2 is 1.93 bits per heavy atom. The molecule has 0 bridgehead atoms. The Balaban J connectivity index is 2.47. The largest absolute Gasteiger partial charge is 0.447 e. The Bertz CT molecular complexity index is 402. The second-order valence-corrected chi connectivity index (χ2v) is 3.90. The van der Waals surface area contributed by atoms with Crippen molar-refractivity contribution in [2.75, 3.05) is 18.1 Å². The molecular weight excluding hydrogens is 272 g/mol. The van der Waals surface area contributed by atoms with Crippen molar-refractivity contribution < 1.29 is 18.3 Å². The van der Waals surface area contributed by atoms with Crippen molar-refractivity contribution in [2.45, 2.75) is 0 Å². The molecule has 6 heteroatoms. The molecule has 0 aliphatic carbocycles. The highest BCUT2D eigenvalue weighted by Gasteiger charge is 2.28. The van der Waals surface area contributed by atoms with Gasteiger partial charge in [-0.15, -0.1) is 0 Å². The minimum absolute atomic E-state index is 0.147.